The number of amides is 2. The Labute approximate surface area is 157 Å². The van der Waals surface area contributed by atoms with Gasteiger partial charge in [0.2, 0.25) is 5.91 Å². The maximum Gasteiger partial charge on any atom is 0.274 e. The van der Waals surface area contributed by atoms with E-state index in [1.807, 2.05) is 6.92 Å². The molecule has 1 aromatic heterocycles. The molecule has 0 saturated heterocycles. The van der Waals surface area contributed by atoms with Crippen LogP contribution in [-0.4, -0.2) is 46.7 Å². The van der Waals surface area contributed by atoms with Crippen LogP contribution < -0.4 is 15.6 Å². The van der Waals surface area contributed by atoms with E-state index < -0.39 is 5.91 Å². The van der Waals surface area contributed by atoms with Crippen molar-refractivity contribution in [3.05, 3.63) is 52.4 Å². The van der Waals surface area contributed by atoms with Gasteiger partial charge in [-0.2, -0.15) is 5.10 Å². The molecule has 0 unspecified atom stereocenters. The Morgan fingerprint density at radius 1 is 1.22 bits per heavy atom. The van der Waals surface area contributed by atoms with E-state index in [-0.39, 0.29) is 23.7 Å². The number of aryl methyl sites for hydroxylation is 1. The van der Waals surface area contributed by atoms with E-state index in [4.69, 9.17) is 4.74 Å². The van der Waals surface area contributed by atoms with Crippen LogP contribution >= 0.6 is 0 Å². The van der Waals surface area contributed by atoms with Gasteiger partial charge < -0.3 is 15.0 Å². The van der Waals surface area contributed by atoms with Crippen molar-refractivity contribution in [1.82, 2.24) is 14.7 Å². The number of ether oxygens (including phenoxy) is 1. The highest BCUT2D eigenvalue weighted by Crippen LogP contribution is 2.16. The van der Waals surface area contributed by atoms with Crippen LogP contribution in [0.5, 0.6) is 5.75 Å². The van der Waals surface area contributed by atoms with Crippen molar-refractivity contribution in [3.63, 3.8) is 0 Å². The molecule has 0 spiro atoms. The van der Waals surface area contributed by atoms with Crippen LogP contribution in [0, 0.1) is 0 Å². The maximum absolute atomic E-state index is 12.7. The standard InChI is InChI=1S/C19H24N4O4/c1-4-11-23-18(25)10-9-16(21-23)19(26)22(5-2)13-17(24)20-14-7-6-8-15(12-14)27-3/h6-10,12H,4-5,11,13H2,1-3H3,(H,20,24). The predicted molar refractivity (Wildman–Crippen MR) is 102 cm³/mol. The predicted octanol–water partition coefficient (Wildman–Crippen LogP) is 1.76. The van der Waals surface area contributed by atoms with Crippen LogP contribution in [0.1, 0.15) is 30.8 Å². The number of carbonyl (C=O) groups is 2. The van der Waals surface area contributed by atoms with Crippen molar-refractivity contribution in [2.75, 3.05) is 25.5 Å². The molecule has 1 N–H and O–H groups in total. The lowest BCUT2D eigenvalue weighted by atomic mass is 10.3. The number of nitrogens with zero attached hydrogens (tertiary/aromatic N) is 3. The summed E-state index contributed by atoms with van der Waals surface area (Å²) in [6.45, 7) is 4.34. The van der Waals surface area contributed by atoms with Crippen LogP contribution in [0.15, 0.2) is 41.2 Å². The third-order valence-corrected chi connectivity index (χ3v) is 3.88. The zero-order chi connectivity index (χ0) is 19.8. The SMILES string of the molecule is CCCn1nc(C(=O)N(CC)CC(=O)Nc2cccc(OC)c2)ccc1=O. The quantitative estimate of drug-likeness (QED) is 0.762. The fourth-order valence-electron chi connectivity index (χ4n) is 2.50. The lowest BCUT2D eigenvalue weighted by Crippen LogP contribution is -2.39. The Morgan fingerprint density at radius 2 is 2.00 bits per heavy atom. The van der Waals surface area contributed by atoms with E-state index in [9.17, 15) is 14.4 Å². The second kappa shape index (κ2) is 9.51. The van der Waals surface area contributed by atoms with Gasteiger partial charge in [0, 0.05) is 30.9 Å². The van der Waals surface area contributed by atoms with Crippen LogP contribution in [-0.2, 0) is 11.3 Å². The van der Waals surface area contributed by atoms with Crippen LogP contribution in [0.25, 0.3) is 0 Å². The average molecular weight is 372 g/mol. The average Bonchev–Trinajstić information content (AvgIpc) is 2.67. The summed E-state index contributed by atoms with van der Waals surface area (Å²) in [5.41, 5.74) is 0.462. The third-order valence-electron chi connectivity index (χ3n) is 3.88. The highest BCUT2D eigenvalue weighted by Gasteiger charge is 2.19. The topological polar surface area (TPSA) is 93.5 Å². The zero-order valence-corrected chi connectivity index (χ0v) is 15.8. The number of benzene rings is 1. The number of nitrogens with one attached hydrogen (secondary N) is 1. The first-order valence-corrected chi connectivity index (χ1v) is 8.79. The molecule has 2 aromatic rings. The van der Waals surface area contributed by atoms with Gasteiger partial charge in [-0.15, -0.1) is 0 Å². The fraction of sp³-hybridized carbons (Fsp3) is 0.368. The lowest BCUT2D eigenvalue weighted by Gasteiger charge is -2.20. The molecule has 0 radical (unpaired) electrons. The number of rotatable bonds is 8. The van der Waals surface area contributed by atoms with Gasteiger partial charge >= 0.3 is 0 Å². The molecule has 27 heavy (non-hydrogen) atoms. The van der Waals surface area contributed by atoms with Crippen LogP contribution in [0.3, 0.4) is 0 Å². The summed E-state index contributed by atoms with van der Waals surface area (Å²) in [6.07, 6.45) is 0.727. The number of carbonyl (C=O) groups excluding carboxylic acids is 2. The molecule has 144 valence electrons. The Kier molecular flexibility index (Phi) is 7.10. The number of anilines is 1. The van der Waals surface area contributed by atoms with E-state index in [2.05, 4.69) is 10.4 Å². The number of hydrogen-bond acceptors (Lipinski definition) is 5. The molecule has 0 aliphatic rings. The smallest absolute Gasteiger partial charge is 0.274 e. The van der Waals surface area contributed by atoms with Gasteiger partial charge in [-0.05, 0) is 31.5 Å². The van der Waals surface area contributed by atoms with Crippen molar-refractivity contribution in [1.29, 1.82) is 0 Å². The largest absolute Gasteiger partial charge is 0.497 e. The van der Waals surface area contributed by atoms with Crippen molar-refractivity contribution < 1.29 is 14.3 Å². The van der Waals surface area contributed by atoms with Gasteiger partial charge in [0.1, 0.15) is 18.0 Å². The summed E-state index contributed by atoms with van der Waals surface area (Å²) in [4.78, 5) is 38.1. The molecule has 0 saturated carbocycles. The van der Waals surface area contributed by atoms with E-state index in [0.29, 0.717) is 24.5 Å². The molecular formula is C19H24N4O4. The molecule has 2 amide bonds. The van der Waals surface area contributed by atoms with Gasteiger partial charge in [-0.25, -0.2) is 4.68 Å². The highest BCUT2D eigenvalue weighted by molar-refractivity contribution is 5.98. The van der Waals surface area contributed by atoms with Gasteiger partial charge in [0.05, 0.1) is 7.11 Å². The Bertz CT molecular complexity index is 863. The molecule has 0 bridgehead atoms. The minimum atomic E-state index is -0.400. The van der Waals surface area contributed by atoms with Gasteiger partial charge in [-0.3, -0.25) is 14.4 Å². The first kappa shape index (κ1) is 20.2. The van der Waals surface area contributed by atoms with Crippen molar-refractivity contribution in [3.8, 4) is 5.75 Å². The molecule has 1 aromatic carbocycles. The summed E-state index contributed by atoms with van der Waals surface area (Å²) in [7, 11) is 1.55. The van der Waals surface area contributed by atoms with Crippen LogP contribution in [0.2, 0.25) is 0 Å². The van der Waals surface area contributed by atoms with Crippen molar-refractivity contribution in [2.45, 2.75) is 26.8 Å². The van der Waals surface area contributed by atoms with E-state index in [0.717, 1.165) is 6.42 Å². The van der Waals surface area contributed by atoms with Gasteiger partial charge in [0.15, 0.2) is 0 Å². The van der Waals surface area contributed by atoms with Gasteiger partial charge in [-0.1, -0.05) is 13.0 Å². The number of hydrogen-bond donors (Lipinski definition) is 1. The number of likely N-dealkylation sites (N-methyl/N-ethyl adjacent to an activating group) is 1. The first-order chi connectivity index (χ1) is 13.0. The molecule has 1 heterocycles. The monoisotopic (exact) mass is 372 g/mol. The Balaban J connectivity index is 2.09. The minimum Gasteiger partial charge on any atom is -0.497 e. The Hall–Kier alpha value is -3.16. The van der Waals surface area contributed by atoms with Gasteiger partial charge in [0.25, 0.3) is 11.5 Å². The molecular weight excluding hydrogens is 348 g/mol. The molecule has 8 heteroatoms. The number of aromatic nitrogens is 2. The summed E-state index contributed by atoms with van der Waals surface area (Å²) in [5, 5.41) is 6.85. The summed E-state index contributed by atoms with van der Waals surface area (Å²) in [6, 6.07) is 9.67. The number of methoxy groups -OCH3 is 1. The van der Waals surface area contributed by atoms with E-state index >= 15 is 0 Å². The molecule has 2 rings (SSSR count). The Morgan fingerprint density at radius 3 is 2.67 bits per heavy atom. The van der Waals surface area contributed by atoms with E-state index in [1.165, 1.54) is 21.7 Å². The molecule has 0 atom stereocenters. The maximum atomic E-state index is 12.7. The highest BCUT2D eigenvalue weighted by atomic mass is 16.5. The normalized spacial score (nSPS) is 10.3. The molecule has 0 aliphatic heterocycles. The lowest BCUT2D eigenvalue weighted by molar-refractivity contribution is -0.116. The second-order valence-corrected chi connectivity index (χ2v) is 5.88. The summed E-state index contributed by atoms with van der Waals surface area (Å²) < 4.78 is 6.38. The van der Waals surface area contributed by atoms with Crippen molar-refractivity contribution in [2.24, 2.45) is 0 Å². The second-order valence-electron chi connectivity index (χ2n) is 5.88. The summed E-state index contributed by atoms with van der Waals surface area (Å²) in [5.74, 6) is -0.109. The van der Waals surface area contributed by atoms with Crippen molar-refractivity contribution >= 4 is 17.5 Å². The summed E-state index contributed by atoms with van der Waals surface area (Å²) >= 11 is 0. The fourth-order valence-corrected chi connectivity index (χ4v) is 2.50. The molecule has 0 aliphatic carbocycles. The van der Waals surface area contributed by atoms with Crippen LogP contribution in [0.4, 0.5) is 5.69 Å². The van der Waals surface area contributed by atoms with E-state index in [1.54, 1.807) is 38.3 Å². The minimum absolute atomic E-state index is 0.124. The zero-order valence-electron chi connectivity index (χ0n) is 15.8. The third kappa shape index (κ3) is 5.40. The first-order valence-electron chi connectivity index (χ1n) is 8.79. The molecule has 8 nitrogen and oxygen atoms in total. The molecule has 0 fully saturated rings.